The summed E-state index contributed by atoms with van der Waals surface area (Å²) in [5.41, 5.74) is 1.74. The monoisotopic (exact) mass is 303 g/mol. The maximum atomic E-state index is 12.8. The van der Waals surface area contributed by atoms with Crippen LogP contribution in [0.5, 0.6) is 0 Å². The van der Waals surface area contributed by atoms with Crippen molar-refractivity contribution in [2.45, 2.75) is 38.8 Å². The molecule has 1 aromatic heterocycles. The summed E-state index contributed by atoms with van der Waals surface area (Å²) in [6, 6.07) is 4.58. The van der Waals surface area contributed by atoms with Crippen LogP contribution < -0.4 is 0 Å². The minimum atomic E-state index is 0.0681. The van der Waals surface area contributed by atoms with Gasteiger partial charge >= 0.3 is 0 Å². The summed E-state index contributed by atoms with van der Waals surface area (Å²) in [6.07, 6.45) is 3.71. The van der Waals surface area contributed by atoms with Crippen LogP contribution in [0.1, 0.15) is 36.3 Å². The average molecular weight is 303 g/mol. The molecule has 0 N–H and O–H groups in total. The van der Waals surface area contributed by atoms with E-state index in [1.807, 2.05) is 17.0 Å². The molecule has 0 bridgehead atoms. The van der Waals surface area contributed by atoms with E-state index in [1.54, 1.807) is 6.20 Å². The fraction of sp³-hybridized carbons (Fsp3) is 0.647. The molecule has 22 heavy (non-hydrogen) atoms. The van der Waals surface area contributed by atoms with Crippen LogP contribution in [0.2, 0.25) is 0 Å². The van der Waals surface area contributed by atoms with Gasteiger partial charge < -0.3 is 9.64 Å². The average Bonchev–Trinajstić information content (AvgIpc) is 2.96. The Morgan fingerprint density at radius 3 is 2.86 bits per heavy atom. The van der Waals surface area contributed by atoms with Gasteiger partial charge in [0.1, 0.15) is 5.69 Å². The zero-order valence-electron chi connectivity index (χ0n) is 13.5. The number of nitrogens with zero attached hydrogens (tertiary/aromatic N) is 3. The molecule has 0 aromatic carbocycles. The van der Waals surface area contributed by atoms with Gasteiger partial charge in [0.2, 0.25) is 0 Å². The van der Waals surface area contributed by atoms with Crippen LogP contribution in [-0.2, 0) is 11.2 Å². The predicted octanol–water partition coefficient (Wildman–Crippen LogP) is 1.58. The van der Waals surface area contributed by atoms with Crippen LogP contribution in [0.4, 0.5) is 0 Å². The molecule has 2 aliphatic heterocycles. The molecular weight excluding hydrogens is 278 g/mol. The number of aryl methyl sites for hydroxylation is 1. The largest absolute Gasteiger partial charge is 0.379 e. The third kappa shape index (κ3) is 3.01. The molecule has 120 valence electrons. The lowest BCUT2D eigenvalue weighted by Crippen LogP contribution is -2.49. The zero-order valence-corrected chi connectivity index (χ0v) is 13.5. The highest BCUT2D eigenvalue weighted by Crippen LogP contribution is 2.25. The van der Waals surface area contributed by atoms with Crippen molar-refractivity contribution in [3.8, 4) is 0 Å². The number of carbonyl (C=O) groups is 1. The van der Waals surface area contributed by atoms with Crippen LogP contribution >= 0.6 is 0 Å². The minimum Gasteiger partial charge on any atom is -0.379 e. The molecular formula is C17H25N3O2. The number of likely N-dealkylation sites (tertiary alicyclic amines) is 1. The molecule has 1 amide bonds. The van der Waals surface area contributed by atoms with E-state index in [0.29, 0.717) is 11.7 Å². The van der Waals surface area contributed by atoms with Crippen LogP contribution in [0.3, 0.4) is 0 Å². The van der Waals surface area contributed by atoms with Gasteiger partial charge in [0, 0.05) is 37.9 Å². The molecule has 2 aliphatic rings. The van der Waals surface area contributed by atoms with Gasteiger partial charge in [0.25, 0.3) is 5.91 Å². The van der Waals surface area contributed by atoms with E-state index in [-0.39, 0.29) is 11.9 Å². The van der Waals surface area contributed by atoms with Gasteiger partial charge in [-0.05, 0) is 37.5 Å². The van der Waals surface area contributed by atoms with Crippen LogP contribution in [-0.4, -0.2) is 65.6 Å². The molecule has 0 aliphatic carbocycles. The minimum absolute atomic E-state index is 0.0681. The Labute approximate surface area is 132 Å². The number of hydrogen-bond donors (Lipinski definition) is 0. The van der Waals surface area contributed by atoms with Gasteiger partial charge in [-0.25, -0.2) is 0 Å². The lowest BCUT2D eigenvalue weighted by Gasteiger charge is -2.35. The van der Waals surface area contributed by atoms with Gasteiger partial charge in [-0.2, -0.15) is 0 Å². The quantitative estimate of drug-likeness (QED) is 0.850. The number of hydrogen-bond acceptors (Lipinski definition) is 4. The number of carbonyl (C=O) groups excluding carboxylic acids is 1. The van der Waals surface area contributed by atoms with Gasteiger partial charge in [0.05, 0.1) is 13.2 Å². The van der Waals surface area contributed by atoms with Crippen LogP contribution in [0.15, 0.2) is 18.3 Å². The lowest BCUT2D eigenvalue weighted by atomic mass is 10.1. The fourth-order valence-corrected chi connectivity index (χ4v) is 3.57. The van der Waals surface area contributed by atoms with E-state index in [4.69, 9.17) is 4.74 Å². The Morgan fingerprint density at radius 1 is 1.36 bits per heavy atom. The van der Waals surface area contributed by atoms with E-state index < -0.39 is 0 Å². The van der Waals surface area contributed by atoms with Crippen molar-refractivity contribution in [3.63, 3.8) is 0 Å². The molecule has 0 spiro atoms. The number of pyridine rings is 1. The number of rotatable bonds is 3. The zero-order chi connectivity index (χ0) is 15.5. The summed E-state index contributed by atoms with van der Waals surface area (Å²) in [7, 11) is 0. The topological polar surface area (TPSA) is 45.7 Å². The molecule has 2 atom stereocenters. The van der Waals surface area contributed by atoms with Crippen molar-refractivity contribution in [1.82, 2.24) is 14.8 Å². The van der Waals surface area contributed by atoms with E-state index in [0.717, 1.165) is 51.3 Å². The fourth-order valence-electron chi connectivity index (χ4n) is 3.57. The molecule has 1 aromatic rings. The third-order valence-corrected chi connectivity index (χ3v) is 4.94. The Morgan fingerprint density at radius 2 is 2.14 bits per heavy atom. The Balaban J connectivity index is 1.70. The first kappa shape index (κ1) is 15.4. The third-order valence-electron chi connectivity index (χ3n) is 4.94. The number of amides is 1. The molecule has 3 rings (SSSR count). The SMILES string of the molecule is CCc1ccnc(C(=O)N2CC[C@@H](N3CCOCC3)[C@H]2C)c1. The van der Waals surface area contributed by atoms with Crippen molar-refractivity contribution in [1.29, 1.82) is 0 Å². The Kier molecular flexibility index (Phi) is 4.74. The van der Waals surface area contributed by atoms with E-state index >= 15 is 0 Å². The predicted molar refractivity (Wildman–Crippen MR) is 84.9 cm³/mol. The summed E-state index contributed by atoms with van der Waals surface area (Å²) in [5, 5.41) is 0. The Hall–Kier alpha value is -1.46. The summed E-state index contributed by atoms with van der Waals surface area (Å²) in [5.74, 6) is 0.0681. The summed E-state index contributed by atoms with van der Waals surface area (Å²) < 4.78 is 5.43. The Bertz CT molecular complexity index is 528. The smallest absolute Gasteiger partial charge is 0.272 e. The molecule has 0 saturated carbocycles. The molecule has 0 unspecified atom stereocenters. The number of ether oxygens (including phenoxy) is 1. The molecule has 5 nitrogen and oxygen atoms in total. The number of morpholine rings is 1. The van der Waals surface area contributed by atoms with E-state index in [1.165, 1.54) is 0 Å². The van der Waals surface area contributed by atoms with Gasteiger partial charge in [-0.15, -0.1) is 0 Å². The second-order valence-electron chi connectivity index (χ2n) is 6.15. The first-order valence-electron chi connectivity index (χ1n) is 8.28. The van der Waals surface area contributed by atoms with Crippen molar-refractivity contribution < 1.29 is 9.53 Å². The second-order valence-corrected chi connectivity index (χ2v) is 6.15. The molecule has 3 heterocycles. The highest BCUT2D eigenvalue weighted by atomic mass is 16.5. The van der Waals surface area contributed by atoms with Crippen molar-refractivity contribution >= 4 is 5.91 Å². The van der Waals surface area contributed by atoms with Gasteiger partial charge in [0.15, 0.2) is 0 Å². The van der Waals surface area contributed by atoms with Gasteiger partial charge in [-0.1, -0.05) is 6.92 Å². The van der Waals surface area contributed by atoms with Gasteiger partial charge in [-0.3, -0.25) is 14.7 Å². The molecule has 2 saturated heterocycles. The van der Waals surface area contributed by atoms with E-state index in [2.05, 4.69) is 23.7 Å². The second kappa shape index (κ2) is 6.75. The maximum Gasteiger partial charge on any atom is 0.272 e. The van der Waals surface area contributed by atoms with Crippen LogP contribution in [0, 0.1) is 0 Å². The molecule has 5 heteroatoms. The first-order chi connectivity index (χ1) is 10.7. The summed E-state index contributed by atoms with van der Waals surface area (Å²) >= 11 is 0. The van der Waals surface area contributed by atoms with E-state index in [9.17, 15) is 4.79 Å². The number of aromatic nitrogens is 1. The standard InChI is InChI=1S/C17H25N3O2/c1-3-14-4-6-18-15(12-14)17(21)20-7-5-16(13(20)2)19-8-10-22-11-9-19/h4,6,12-13,16H,3,5,7-11H2,1-2H3/t13-,16-/m1/s1. The lowest BCUT2D eigenvalue weighted by molar-refractivity contribution is 0.0104. The highest BCUT2D eigenvalue weighted by molar-refractivity contribution is 5.92. The van der Waals surface area contributed by atoms with Crippen molar-refractivity contribution in [2.75, 3.05) is 32.8 Å². The van der Waals surface area contributed by atoms with Crippen molar-refractivity contribution in [2.24, 2.45) is 0 Å². The maximum absolute atomic E-state index is 12.8. The molecule has 2 fully saturated rings. The highest BCUT2D eigenvalue weighted by Gasteiger charge is 2.38. The first-order valence-corrected chi connectivity index (χ1v) is 8.28. The van der Waals surface area contributed by atoms with Crippen LogP contribution in [0.25, 0.3) is 0 Å². The summed E-state index contributed by atoms with van der Waals surface area (Å²) in [4.78, 5) is 21.5. The normalized spacial score (nSPS) is 26.4. The molecule has 0 radical (unpaired) electrons. The van der Waals surface area contributed by atoms with Crippen molar-refractivity contribution in [3.05, 3.63) is 29.6 Å². The summed E-state index contributed by atoms with van der Waals surface area (Å²) in [6.45, 7) is 8.63.